The molecule has 0 aliphatic heterocycles. The van der Waals surface area contributed by atoms with Crippen molar-refractivity contribution in [2.24, 2.45) is 0 Å². The molecule has 4 rings (SSSR count). The summed E-state index contributed by atoms with van der Waals surface area (Å²) >= 11 is 1.83. The van der Waals surface area contributed by atoms with Crippen LogP contribution in [0.5, 0.6) is 5.75 Å². The van der Waals surface area contributed by atoms with Crippen molar-refractivity contribution in [1.29, 1.82) is 0 Å². The Kier molecular flexibility index (Phi) is 2.02. The van der Waals surface area contributed by atoms with E-state index in [1.165, 1.54) is 16.1 Å². The molecule has 3 aromatic heterocycles. The third kappa shape index (κ3) is 1.21. The predicted molar refractivity (Wildman–Crippen MR) is 72.5 cm³/mol. The molecule has 4 heteroatoms. The summed E-state index contributed by atoms with van der Waals surface area (Å²) in [6, 6.07) is 6.15. The van der Waals surface area contributed by atoms with Gasteiger partial charge in [0.25, 0.3) is 0 Å². The van der Waals surface area contributed by atoms with E-state index in [1.54, 1.807) is 7.11 Å². The van der Waals surface area contributed by atoms with Crippen LogP contribution >= 0.6 is 11.3 Å². The van der Waals surface area contributed by atoms with E-state index in [1.807, 2.05) is 23.5 Å². The number of nitrogens with zero attached hydrogens (tertiary/aromatic N) is 2. The van der Waals surface area contributed by atoms with Gasteiger partial charge in [-0.2, -0.15) is 0 Å². The molecule has 0 N–H and O–H groups in total. The van der Waals surface area contributed by atoms with Crippen LogP contribution in [-0.4, -0.2) is 16.5 Å². The molecule has 3 heterocycles. The average molecular weight is 256 g/mol. The molecule has 0 spiro atoms. The fourth-order valence-electron chi connectivity index (χ4n) is 2.68. The van der Waals surface area contributed by atoms with Crippen molar-refractivity contribution in [3.05, 3.63) is 40.3 Å². The average Bonchev–Trinajstić information content (AvgIpc) is 3.01. The minimum Gasteiger partial charge on any atom is -0.493 e. The van der Waals surface area contributed by atoms with Crippen LogP contribution in [0.4, 0.5) is 0 Å². The van der Waals surface area contributed by atoms with Crippen LogP contribution in [0.3, 0.4) is 0 Å². The third-order valence-corrected chi connectivity index (χ3v) is 4.50. The standard InChI is InChI=1S/C14H12N2OS/c1-17-11-3-2-7-16-10-4-5-12-9(6-8-18-12)13(10)15-14(11)16/h2-3,6-8H,4-5H2,1H3. The number of pyridine rings is 1. The van der Waals surface area contributed by atoms with E-state index in [0.29, 0.717) is 0 Å². The zero-order valence-electron chi connectivity index (χ0n) is 10.0. The van der Waals surface area contributed by atoms with E-state index < -0.39 is 0 Å². The molecule has 0 atom stereocenters. The highest BCUT2D eigenvalue weighted by atomic mass is 32.1. The Bertz CT molecular complexity index is 741. The summed E-state index contributed by atoms with van der Waals surface area (Å²) in [5.74, 6) is 0.837. The lowest BCUT2D eigenvalue weighted by atomic mass is 10.0. The smallest absolute Gasteiger partial charge is 0.180 e. The lowest BCUT2D eigenvalue weighted by Gasteiger charge is -2.11. The van der Waals surface area contributed by atoms with Gasteiger partial charge in [0, 0.05) is 16.6 Å². The molecule has 0 fully saturated rings. The molecule has 0 unspecified atom stereocenters. The highest BCUT2D eigenvalue weighted by Crippen LogP contribution is 2.37. The summed E-state index contributed by atoms with van der Waals surface area (Å²) < 4.78 is 7.56. The highest BCUT2D eigenvalue weighted by Gasteiger charge is 2.23. The predicted octanol–water partition coefficient (Wildman–Crippen LogP) is 3.17. The summed E-state index contributed by atoms with van der Waals surface area (Å²) in [4.78, 5) is 6.23. The van der Waals surface area contributed by atoms with E-state index >= 15 is 0 Å². The number of rotatable bonds is 1. The van der Waals surface area contributed by atoms with E-state index in [9.17, 15) is 0 Å². The van der Waals surface area contributed by atoms with Gasteiger partial charge in [-0.25, -0.2) is 4.98 Å². The van der Waals surface area contributed by atoms with Gasteiger partial charge < -0.3 is 9.14 Å². The van der Waals surface area contributed by atoms with Gasteiger partial charge in [0.15, 0.2) is 11.4 Å². The van der Waals surface area contributed by atoms with E-state index in [4.69, 9.17) is 9.72 Å². The quantitative estimate of drug-likeness (QED) is 0.668. The van der Waals surface area contributed by atoms with Gasteiger partial charge in [-0.3, -0.25) is 0 Å². The number of thiophene rings is 1. The maximum absolute atomic E-state index is 5.39. The van der Waals surface area contributed by atoms with Crippen LogP contribution < -0.4 is 4.74 Å². The Morgan fingerprint density at radius 3 is 3.17 bits per heavy atom. The maximum Gasteiger partial charge on any atom is 0.180 e. The summed E-state index contributed by atoms with van der Waals surface area (Å²) in [5.41, 5.74) is 4.65. The number of ether oxygens (including phenoxy) is 1. The van der Waals surface area contributed by atoms with Gasteiger partial charge >= 0.3 is 0 Å². The molecule has 3 nitrogen and oxygen atoms in total. The Morgan fingerprint density at radius 2 is 2.28 bits per heavy atom. The largest absolute Gasteiger partial charge is 0.493 e. The number of fused-ring (bicyclic) bond motifs is 5. The van der Waals surface area contributed by atoms with Crippen LogP contribution in [0.15, 0.2) is 29.8 Å². The van der Waals surface area contributed by atoms with Crippen LogP contribution in [-0.2, 0) is 12.8 Å². The number of methoxy groups -OCH3 is 1. The second kappa shape index (κ2) is 3.59. The number of hydrogen-bond donors (Lipinski definition) is 0. The summed E-state index contributed by atoms with van der Waals surface area (Å²) in [6.45, 7) is 0. The second-order valence-electron chi connectivity index (χ2n) is 4.43. The van der Waals surface area contributed by atoms with Crippen molar-refractivity contribution >= 4 is 17.0 Å². The molecule has 0 saturated carbocycles. The first-order valence-corrected chi connectivity index (χ1v) is 6.87. The lowest BCUT2D eigenvalue weighted by molar-refractivity contribution is 0.417. The van der Waals surface area contributed by atoms with Crippen molar-refractivity contribution in [3.8, 4) is 17.0 Å². The fourth-order valence-corrected chi connectivity index (χ4v) is 3.56. The Morgan fingerprint density at radius 1 is 1.33 bits per heavy atom. The minimum absolute atomic E-state index is 0.837. The molecule has 0 radical (unpaired) electrons. The van der Waals surface area contributed by atoms with Crippen molar-refractivity contribution in [2.75, 3.05) is 7.11 Å². The van der Waals surface area contributed by atoms with Crippen molar-refractivity contribution < 1.29 is 4.74 Å². The number of hydrogen-bond acceptors (Lipinski definition) is 3. The normalized spacial score (nSPS) is 13.4. The molecule has 90 valence electrons. The number of aromatic nitrogens is 2. The summed E-state index contributed by atoms with van der Waals surface area (Å²) in [6.07, 6.45) is 4.24. The lowest BCUT2D eigenvalue weighted by Crippen LogP contribution is -2.02. The molecule has 0 bridgehead atoms. The second-order valence-corrected chi connectivity index (χ2v) is 5.44. The van der Waals surface area contributed by atoms with Crippen molar-refractivity contribution in [2.45, 2.75) is 12.8 Å². The van der Waals surface area contributed by atoms with Gasteiger partial charge in [-0.15, -0.1) is 11.3 Å². The Balaban J connectivity index is 2.09. The van der Waals surface area contributed by atoms with E-state index in [2.05, 4.69) is 22.0 Å². The van der Waals surface area contributed by atoms with Gasteiger partial charge in [0.1, 0.15) is 0 Å². The SMILES string of the molecule is COc1cccn2c3c(nc12)-c1ccsc1CC3. The molecule has 0 aromatic carbocycles. The first kappa shape index (κ1) is 10.1. The first-order valence-electron chi connectivity index (χ1n) is 5.99. The maximum atomic E-state index is 5.39. The molecule has 0 saturated heterocycles. The van der Waals surface area contributed by atoms with Crippen LogP contribution in [0.1, 0.15) is 10.6 Å². The molecule has 1 aliphatic carbocycles. The summed E-state index contributed by atoms with van der Waals surface area (Å²) in [7, 11) is 1.69. The third-order valence-electron chi connectivity index (χ3n) is 3.52. The first-order chi connectivity index (χ1) is 8.88. The van der Waals surface area contributed by atoms with Gasteiger partial charge in [0.05, 0.1) is 18.5 Å². The molecule has 3 aromatic rings. The molecule has 18 heavy (non-hydrogen) atoms. The molecular weight excluding hydrogens is 244 g/mol. The molecule has 0 amide bonds. The Hall–Kier alpha value is -1.81. The summed E-state index contributed by atoms with van der Waals surface area (Å²) in [5, 5.41) is 2.15. The minimum atomic E-state index is 0.837. The Labute approximate surface area is 109 Å². The van der Waals surface area contributed by atoms with Crippen LogP contribution in [0.2, 0.25) is 0 Å². The number of imidazole rings is 1. The zero-order valence-corrected chi connectivity index (χ0v) is 10.8. The van der Waals surface area contributed by atoms with E-state index in [0.717, 1.165) is 29.9 Å². The van der Waals surface area contributed by atoms with Crippen molar-refractivity contribution in [1.82, 2.24) is 9.38 Å². The van der Waals surface area contributed by atoms with E-state index in [-0.39, 0.29) is 0 Å². The zero-order chi connectivity index (χ0) is 12.1. The topological polar surface area (TPSA) is 26.5 Å². The highest BCUT2D eigenvalue weighted by molar-refractivity contribution is 7.10. The van der Waals surface area contributed by atoms with Crippen molar-refractivity contribution in [3.63, 3.8) is 0 Å². The van der Waals surface area contributed by atoms with Crippen LogP contribution in [0, 0.1) is 0 Å². The monoisotopic (exact) mass is 256 g/mol. The molecular formula is C14H12N2OS. The van der Waals surface area contributed by atoms with Gasteiger partial charge in [-0.1, -0.05) is 0 Å². The number of aryl methyl sites for hydroxylation is 2. The van der Waals surface area contributed by atoms with Gasteiger partial charge in [-0.05, 0) is 36.4 Å². The fraction of sp³-hybridized carbons (Fsp3) is 0.214. The van der Waals surface area contributed by atoms with Crippen LogP contribution in [0.25, 0.3) is 16.9 Å². The molecule has 1 aliphatic rings. The van der Waals surface area contributed by atoms with Gasteiger partial charge in [0.2, 0.25) is 0 Å².